The molecule has 1 N–H and O–H groups in total. The Balaban J connectivity index is 0.000000162. The minimum Gasteiger partial charge on any atom is -0.476 e. The van der Waals surface area contributed by atoms with Crippen molar-refractivity contribution in [3.8, 4) is 11.4 Å². The van der Waals surface area contributed by atoms with Crippen molar-refractivity contribution >= 4 is 35.0 Å². The number of carbonyl (C=O) groups is 2. The molecule has 4 rings (SSSR count). The Morgan fingerprint density at radius 2 is 1.50 bits per heavy atom. The number of carboxylic acid groups (broad SMARTS) is 1. The fraction of sp³-hybridized carbons (Fsp3) is 0.143. The zero-order valence-electron chi connectivity index (χ0n) is 14.2. The Kier molecular flexibility index (Phi) is 6.13. The molecule has 0 unspecified atom stereocenters. The molecule has 0 atom stereocenters. The highest BCUT2D eigenvalue weighted by Gasteiger charge is 2.12. The maximum absolute atomic E-state index is 11.3. The first-order chi connectivity index (χ1) is 13.6. The Morgan fingerprint density at radius 1 is 0.964 bits per heavy atom. The molecule has 4 heterocycles. The molecule has 0 aliphatic carbocycles. The van der Waals surface area contributed by atoms with Crippen molar-refractivity contribution in [2.24, 2.45) is 0 Å². The highest BCUT2D eigenvalue weighted by molar-refractivity contribution is 7.04. The number of aromatic carboxylic acids is 1. The number of rotatable bonds is 5. The average molecular weight is 420 g/mol. The fourth-order valence-electron chi connectivity index (χ4n) is 1.77. The van der Waals surface area contributed by atoms with Gasteiger partial charge in [-0.2, -0.15) is 18.9 Å². The van der Waals surface area contributed by atoms with Gasteiger partial charge >= 0.3 is 11.9 Å². The van der Waals surface area contributed by atoms with E-state index in [1.54, 1.807) is 30.1 Å². The number of carbonyl (C=O) groups excluding carboxylic acids is 1. The molecule has 28 heavy (non-hydrogen) atoms. The predicted molar refractivity (Wildman–Crippen MR) is 97.0 cm³/mol. The summed E-state index contributed by atoms with van der Waals surface area (Å²) in [6, 6.07) is 0. The third kappa shape index (κ3) is 4.60. The van der Waals surface area contributed by atoms with Gasteiger partial charge in [0.15, 0.2) is 11.4 Å². The zero-order chi connectivity index (χ0) is 19.9. The SMILES string of the molecule is CCOC(=O)c1cnn(-c2cnsc2)n1.O=C(O)c1cnn(-c2cnsc2)n1. The van der Waals surface area contributed by atoms with Gasteiger partial charge in [0.25, 0.3) is 0 Å². The molecular weight excluding hydrogens is 408 g/mol. The van der Waals surface area contributed by atoms with E-state index in [0.717, 1.165) is 5.69 Å². The van der Waals surface area contributed by atoms with Crippen molar-refractivity contribution in [3.05, 3.63) is 46.9 Å². The lowest BCUT2D eigenvalue weighted by molar-refractivity contribution is 0.0518. The van der Waals surface area contributed by atoms with E-state index in [0.29, 0.717) is 12.3 Å². The molecule has 0 bridgehead atoms. The van der Waals surface area contributed by atoms with Crippen LogP contribution in [0, 0.1) is 0 Å². The predicted octanol–water partition coefficient (Wildman–Crippen LogP) is 1.32. The van der Waals surface area contributed by atoms with Crippen LogP contribution >= 0.6 is 23.1 Å². The van der Waals surface area contributed by atoms with Crippen molar-refractivity contribution in [3.63, 3.8) is 0 Å². The van der Waals surface area contributed by atoms with Gasteiger partial charge in [-0.3, -0.25) is 0 Å². The third-order valence-corrected chi connectivity index (χ3v) is 4.14. The van der Waals surface area contributed by atoms with E-state index in [2.05, 4.69) is 29.1 Å². The van der Waals surface area contributed by atoms with E-state index < -0.39 is 11.9 Å². The van der Waals surface area contributed by atoms with Crippen LogP contribution in [0.15, 0.2) is 35.5 Å². The van der Waals surface area contributed by atoms with Crippen LogP contribution in [0.1, 0.15) is 27.9 Å². The van der Waals surface area contributed by atoms with Gasteiger partial charge in [0.1, 0.15) is 11.4 Å². The van der Waals surface area contributed by atoms with Crippen LogP contribution in [0.2, 0.25) is 0 Å². The summed E-state index contributed by atoms with van der Waals surface area (Å²) >= 11 is 2.55. The number of nitrogens with zero attached hydrogens (tertiary/aromatic N) is 8. The van der Waals surface area contributed by atoms with Crippen LogP contribution in [0.25, 0.3) is 11.4 Å². The maximum atomic E-state index is 11.3. The summed E-state index contributed by atoms with van der Waals surface area (Å²) < 4.78 is 12.6. The molecule has 0 aliphatic heterocycles. The van der Waals surface area contributed by atoms with Gasteiger partial charge in [0.05, 0.1) is 31.4 Å². The normalized spacial score (nSPS) is 10.2. The minimum atomic E-state index is -1.09. The van der Waals surface area contributed by atoms with Crippen molar-refractivity contribution in [1.82, 2.24) is 38.7 Å². The van der Waals surface area contributed by atoms with Crippen molar-refractivity contribution in [2.75, 3.05) is 6.61 Å². The molecule has 0 saturated heterocycles. The van der Waals surface area contributed by atoms with Crippen LogP contribution in [0.3, 0.4) is 0 Å². The average Bonchev–Trinajstić information content (AvgIpc) is 3.50. The molecule has 14 heteroatoms. The third-order valence-electron chi connectivity index (χ3n) is 2.99. The van der Waals surface area contributed by atoms with Gasteiger partial charge in [-0.25, -0.2) is 9.59 Å². The number of aromatic nitrogens is 8. The van der Waals surface area contributed by atoms with Crippen LogP contribution in [0.5, 0.6) is 0 Å². The first kappa shape index (κ1) is 19.2. The first-order valence-electron chi connectivity index (χ1n) is 7.63. The molecule has 0 aromatic carbocycles. The molecule has 0 fully saturated rings. The van der Waals surface area contributed by atoms with Gasteiger partial charge < -0.3 is 9.84 Å². The number of hydrogen-bond donors (Lipinski definition) is 1. The van der Waals surface area contributed by atoms with Gasteiger partial charge in [-0.1, -0.05) is 0 Å². The molecule has 0 aliphatic rings. The molecule has 144 valence electrons. The van der Waals surface area contributed by atoms with E-state index in [-0.39, 0.29) is 11.4 Å². The quantitative estimate of drug-likeness (QED) is 0.468. The topological polar surface area (TPSA) is 151 Å². The Hall–Kier alpha value is -3.52. The van der Waals surface area contributed by atoms with Gasteiger partial charge in [-0.05, 0) is 30.0 Å². The summed E-state index contributed by atoms with van der Waals surface area (Å²) in [5.41, 5.74) is 1.52. The molecule has 0 amide bonds. The molecule has 12 nitrogen and oxygen atoms in total. The summed E-state index contributed by atoms with van der Waals surface area (Å²) in [6.07, 6.45) is 5.76. The van der Waals surface area contributed by atoms with E-state index >= 15 is 0 Å². The highest BCUT2D eigenvalue weighted by atomic mass is 32.1. The number of hydrogen-bond acceptors (Lipinski definition) is 11. The van der Waals surface area contributed by atoms with Crippen LogP contribution in [0.4, 0.5) is 0 Å². The van der Waals surface area contributed by atoms with Gasteiger partial charge in [0, 0.05) is 10.8 Å². The number of carboxylic acids is 1. The Labute approximate surface area is 165 Å². The molecule has 0 spiro atoms. The van der Waals surface area contributed by atoms with Gasteiger partial charge in [0.2, 0.25) is 0 Å². The first-order valence-corrected chi connectivity index (χ1v) is 9.30. The van der Waals surface area contributed by atoms with Crippen LogP contribution < -0.4 is 0 Å². The van der Waals surface area contributed by atoms with E-state index in [1.165, 1.54) is 45.1 Å². The van der Waals surface area contributed by atoms with E-state index in [4.69, 9.17) is 9.84 Å². The molecule has 4 aromatic heterocycles. The Bertz CT molecular complexity index is 1040. The highest BCUT2D eigenvalue weighted by Crippen LogP contribution is 2.07. The summed E-state index contributed by atoms with van der Waals surface area (Å²) in [4.78, 5) is 24.3. The summed E-state index contributed by atoms with van der Waals surface area (Å²) in [7, 11) is 0. The minimum absolute atomic E-state index is 0.0776. The maximum Gasteiger partial charge on any atom is 0.360 e. The van der Waals surface area contributed by atoms with Crippen molar-refractivity contribution in [1.29, 1.82) is 0 Å². The standard InChI is InChI=1S/C8H8N4O2S.C6H4N4O2S/c1-2-14-8(13)7-4-9-12(11-7)6-3-10-15-5-6;11-6(12)5-2-7-10(9-5)4-1-8-13-3-4/h3-5H,2H2,1H3;1-3H,(H,11,12). The molecule has 0 saturated carbocycles. The number of esters is 1. The molecule has 4 aromatic rings. The molecular formula is C14H12N8O4S2. The van der Waals surface area contributed by atoms with Gasteiger partial charge in [-0.15, -0.1) is 19.8 Å². The summed E-state index contributed by atoms with van der Waals surface area (Å²) in [5.74, 6) is -1.55. The largest absolute Gasteiger partial charge is 0.476 e. The zero-order valence-corrected chi connectivity index (χ0v) is 15.9. The van der Waals surface area contributed by atoms with E-state index in [1.807, 2.05) is 0 Å². The number of ether oxygens (including phenoxy) is 1. The lowest BCUT2D eigenvalue weighted by Crippen LogP contribution is -2.06. The fourth-order valence-corrected chi connectivity index (χ4v) is 2.75. The van der Waals surface area contributed by atoms with Crippen LogP contribution in [-0.4, -0.2) is 62.4 Å². The van der Waals surface area contributed by atoms with Crippen molar-refractivity contribution in [2.45, 2.75) is 6.92 Å². The van der Waals surface area contributed by atoms with Crippen molar-refractivity contribution < 1.29 is 19.4 Å². The second-order valence-electron chi connectivity index (χ2n) is 4.83. The lowest BCUT2D eigenvalue weighted by Gasteiger charge is -1.95. The van der Waals surface area contributed by atoms with Crippen LogP contribution in [-0.2, 0) is 4.74 Å². The molecule has 0 radical (unpaired) electrons. The second kappa shape index (κ2) is 8.92. The smallest absolute Gasteiger partial charge is 0.360 e. The van der Waals surface area contributed by atoms with E-state index in [9.17, 15) is 9.59 Å². The lowest BCUT2D eigenvalue weighted by atomic mass is 10.5. The summed E-state index contributed by atoms with van der Waals surface area (Å²) in [6.45, 7) is 2.07. The summed E-state index contributed by atoms with van der Waals surface area (Å²) in [5, 5.41) is 27.5. The monoisotopic (exact) mass is 420 g/mol. The second-order valence-corrected chi connectivity index (χ2v) is 6.14. The Morgan fingerprint density at radius 3 is 1.93 bits per heavy atom.